The summed E-state index contributed by atoms with van der Waals surface area (Å²) in [6.45, 7) is 6.59. The van der Waals surface area contributed by atoms with Crippen molar-refractivity contribution in [3.05, 3.63) is 0 Å². The first-order valence-electron chi connectivity index (χ1n) is 7.77. The van der Waals surface area contributed by atoms with Crippen LogP contribution in [-0.4, -0.2) is 41.6 Å². The third-order valence-corrected chi connectivity index (χ3v) is 4.24. The molecule has 1 heterocycles. The van der Waals surface area contributed by atoms with Crippen molar-refractivity contribution >= 4 is 12.0 Å². The smallest absolute Gasteiger partial charge is 0.317 e. The molecule has 1 atom stereocenters. The van der Waals surface area contributed by atoms with Crippen LogP contribution in [-0.2, 0) is 4.79 Å². The number of piperidine rings is 1. The van der Waals surface area contributed by atoms with Crippen LogP contribution >= 0.6 is 0 Å². The Morgan fingerprint density at radius 1 is 1.30 bits per heavy atom. The molecule has 1 unspecified atom stereocenters. The minimum absolute atomic E-state index is 0.0324. The molecule has 1 rings (SSSR count). The largest absolute Gasteiger partial charge is 0.481 e. The number of hydrogen-bond donors (Lipinski definition) is 2. The minimum atomic E-state index is -0.750. The van der Waals surface area contributed by atoms with E-state index in [-0.39, 0.29) is 12.5 Å². The van der Waals surface area contributed by atoms with Gasteiger partial charge in [0.05, 0.1) is 0 Å². The lowest BCUT2D eigenvalue weighted by molar-refractivity contribution is -0.137. The van der Waals surface area contributed by atoms with Gasteiger partial charge in [0.15, 0.2) is 0 Å². The van der Waals surface area contributed by atoms with Crippen LogP contribution in [0.25, 0.3) is 0 Å². The van der Waals surface area contributed by atoms with Gasteiger partial charge in [-0.3, -0.25) is 4.79 Å². The van der Waals surface area contributed by atoms with E-state index >= 15 is 0 Å². The van der Waals surface area contributed by atoms with E-state index in [1.807, 2.05) is 11.8 Å². The van der Waals surface area contributed by atoms with Crippen molar-refractivity contribution in [2.24, 2.45) is 11.8 Å². The van der Waals surface area contributed by atoms with Crippen molar-refractivity contribution in [1.29, 1.82) is 0 Å². The molecule has 1 aliphatic heterocycles. The van der Waals surface area contributed by atoms with Crippen molar-refractivity contribution < 1.29 is 14.7 Å². The predicted molar refractivity (Wildman–Crippen MR) is 78.6 cm³/mol. The van der Waals surface area contributed by atoms with Crippen LogP contribution in [0.2, 0.25) is 0 Å². The molecule has 2 amide bonds. The average molecular weight is 284 g/mol. The van der Waals surface area contributed by atoms with Gasteiger partial charge >= 0.3 is 12.0 Å². The van der Waals surface area contributed by atoms with Gasteiger partial charge in [-0.15, -0.1) is 0 Å². The molecule has 5 nitrogen and oxygen atoms in total. The summed E-state index contributed by atoms with van der Waals surface area (Å²) in [6, 6.07) is 0.0324. The summed E-state index contributed by atoms with van der Waals surface area (Å²) in [5.41, 5.74) is 0. The molecule has 116 valence electrons. The van der Waals surface area contributed by atoms with Crippen LogP contribution in [0, 0.1) is 11.8 Å². The van der Waals surface area contributed by atoms with E-state index in [0.717, 1.165) is 38.3 Å². The number of carboxylic acid groups (broad SMARTS) is 1. The van der Waals surface area contributed by atoms with Crippen molar-refractivity contribution in [2.75, 3.05) is 19.6 Å². The number of aliphatic carboxylic acids is 1. The highest BCUT2D eigenvalue weighted by Crippen LogP contribution is 2.19. The number of hydrogen-bond acceptors (Lipinski definition) is 2. The highest BCUT2D eigenvalue weighted by atomic mass is 16.4. The molecule has 0 spiro atoms. The first-order valence-corrected chi connectivity index (χ1v) is 7.77. The third-order valence-electron chi connectivity index (χ3n) is 4.24. The van der Waals surface area contributed by atoms with E-state index in [1.54, 1.807) is 0 Å². The molecule has 2 N–H and O–H groups in total. The van der Waals surface area contributed by atoms with E-state index in [0.29, 0.717) is 18.9 Å². The molecule has 1 aliphatic rings. The van der Waals surface area contributed by atoms with Crippen LogP contribution in [0.4, 0.5) is 4.79 Å². The zero-order valence-electron chi connectivity index (χ0n) is 12.7. The standard InChI is InChI=1S/C15H28N2O3/c1-3-13-7-10-17(11-8-13)15(20)16-9-6-12(2)4-5-14(18)19/h12-13H,3-11H2,1-2H3,(H,16,20)(H,18,19). The highest BCUT2D eigenvalue weighted by Gasteiger charge is 2.21. The van der Waals surface area contributed by atoms with E-state index in [1.165, 1.54) is 6.42 Å². The molecule has 1 saturated heterocycles. The number of carboxylic acids is 1. The lowest BCUT2D eigenvalue weighted by atomic mass is 9.95. The summed E-state index contributed by atoms with van der Waals surface area (Å²) in [5.74, 6) is 0.354. The predicted octanol–water partition coefficient (Wildman–Crippen LogP) is 2.71. The Bertz CT molecular complexity index is 312. The number of carbonyl (C=O) groups is 2. The molecule has 0 bridgehead atoms. The maximum atomic E-state index is 12.0. The van der Waals surface area contributed by atoms with Gasteiger partial charge in [-0.25, -0.2) is 4.79 Å². The van der Waals surface area contributed by atoms with Gasteiger partial charge < -0.3 is 15.3 Å². The minimum Gasteiger partial charge on any atom is -0.481 e. The molecule has 1 fully saturated rings. The summed E-state index contributed by atoms with van der Waals surface area (Å²) in [7, 11) is 0. The van der Waals surface area contributed by atoms with Crippen molar-refractivity contribution in [3.8, 4) is 0 Å². The Morgan fingerprint density at radius 3 is 2.50 bits per heavy atom. The third kappa shape index (κ3) is 6.26. The molecular formula is C15H28N2O3. The van der Waals surface area contributed by atoms with Gasteiger partial charge in [-0.2, -0.15) is 0 Å². The van der Waals surface area contributed by atoms with Crippen LogP contribution in [0.15, 0.2) is 0 Å². The molecule has 5 heteroatoms. The summed E-state index contributed by atoms with van der Waals surface area (Å²) < 4.78 is 0. The SMILES string of the molecule is CCC1CCN(C(=O)NCCC(C)CCC(=O)O)CC1. The van der Waals surface area contributed by atoms with Crippen LogP contribution in [0.3, 0.4) is 0 Å². The fourth-order valence-electron chi connectivity index (χ4n) is 2.60. The molecule has 0 aliphatic carbocycles. The highest BCUT2D eigenvalue weighted by molar-refractivity contribution is 5.74. The topological polar surface area (TPSA) is 69.6 Å². The first kappa shape index (κ1) is 16.8. The number of likely N-dealkylation sites (tertiary alicyclic amines) is 1. The van der Waals surface area contributed by atoms with Gasteiger partial charge in [0.1, 0.15) is 0 Å². The summed E-state index contributed by atoms with van der Waals surface area (Å²) in [6.07, 6.45) is 5.14. The zero-order chi connectivity index (χ0) is 15.0. The second-order valence-electron chi connectivity index (χ2n) is 5.90. The van der Waals surface area contributed by atoms with E-state index in [9.17, 15) is 9.59 Å². The molecule has 20 heavy (non-hydrogen) atoms. The number of nitrogens with zero attached hydrogens (tertiary/aromatic N) is 1. The van der Waals surface area contributed by atoms with Crippen molar-refractivity contribution in [1.82, 2.24) is 10.2 Å². The fourth-order valence-corrected chi connectivity index (χ4v) is 2.60. The summed E-state index contributed by atoms with van der Waals surface area (Å²) in [4.78, 5) is 24.3. The molecule has 0 aromatic rings. The Labute approximate surface area is 121 Å². The van der Waals surface area contributed by atoms with Gasteiger partial charge in [0, 0.05) is 26.1 Å². The number of carbonyl (C=O) groups excluding carboxylic acids is 1. The maximum Gasteiger partial charge on any atom is 0.317 e. The summed E-state index contributed by atoms with van der Waals surface area (Å²) >= 11 is 0. The zero-order valence-corrected chi connectivity index (χ0v) is 12.7. The molecule has 0 aromatic heterocycles. The second kappa shape index (κ2) is 8.82. The Hall–Kier alpha value is -1.26. The normalized spacial score (nSPS) is 17.8. The van der Waals surface area contributed by atoms with Crippen LogP contribution in [0.1, 0.15) is 52.4 Å². The fraction of sp³-hybridized carbons (Fsp3) is 0.867. The van der Waals surface area contributed by atoms with Gasteiger partial charge in [-0.1, -0.05) is 20.3 Å². The quantitative estimate of drug-likeness (QED) is 0.755. The Kier molecular flexibility index (Phi) is 7.41. The van der Waals surface area contributed by atoms with Crippen molar-refractivity contribution in [3.63, 3.8) is 0 Å². The van der Waals surface area contributed by atoms with Gasteiger partial charge in [0.25, 0.3) is 0 Å². The number of nitrogens with one attached hydrogen (secondary N) is 1. The van der Waals surface area contributed by atoms with Gasteiger partial charge in [0.2, 0.25) is 0 Å². The summed E-state index contributed by atoms with van der Waals surface area (Å²) in [5, 5.41) is 11.6. The first-order chi connectivity index (χ1) is 9.52. The monoisotopic (exact) mass is 284 g/mol. The lowest BCUT2D eigenvalue weighted by Gasteiger charge is -2.31. The van der Waals surface area contributed by atoms with Crippen LogP contribution < -0.4 is 5.32 Å². The van der Waals surface area contributed by atoms with Gasteiger partial charge in [-0.05, 0) is 37.5 Å². The Balaban J connectivity index is 2.12. The number of amides is 2. The average Bonchev–Trinajstić information content (AvgIpc) is 2.45. The molecule has 0 radical (unpaired) electrons. The van der Waals surface area contributed by atoms with E-state index < -0.39 is 5.97 Å². The molecule has 0 saturated carbocycles. The van der Waals surface area contributed by atoms with Crippen LogP contribution in [0.5, 0.6) is 0 Å². The van der Waals surface area contributed by atoms with Crippen molar-refractivity contribution in [2.45, 2.75) is 52.4 Å². The van der Waals surface area contributed by atoms with E-state index in [4.69, 9.17) is 5.11 Å². The number of urea groups is 1. The number of rotatable bonds is 7. The Morgan fingerprint density at radius 2 is 1.95 bits per heavy atom. The second-order valence-corrected chi connectivity index (χ2v) is 5.90. The maximum absolute atomic E-state index is 12.0. The van der Waals surface area contributed by atoms with E-state index in [2.05, 4.69) is 12.2 Å². The molecule has 0 aromatic carbocycles. The lowest BCUT2D eigenvalue weighted by Crippen LogP contribution is -2.44. The molecular weight excluding hydrogens is 256 g/mol.